The lowest BCUT2D eigenvalue weighted by Crippen LogP contribution is -2.62. The average Bonchev–Trinajstić information content (AvgIpc) is 3.09. The lowest BCUT2D eigenvalue weighted by molar-refractivity contribution is 0.0266. The Morgan fingerprint density at radius 3 is 2.61 bits per heavy atom. The second kappa shape index (κ2) is 5.81. The number of piperidine rings is 3. The molecule has 0 radical (unpaired) electrons. The van der Waals surface area contributed by atoms with Gasteiger partial charge in [-0.25, -0.2) is 4.79 Å². The average molecular weight is 310 g/mol. The molecule has 2 bridgehead atoms. The first-order valence-electron chi connectivity index (χ1n) is 8.37. The zero-order chi connectivity index (χ0) is 15.8. The van der Waals surface area contributed by atoms with Crippen LogP contribution < -0.4 is 5.32 Å². The predicted molar refractivity (Wildman–Crippen MR) is 89.1 cm³/mol. The van der Waals surface area contributed by atoms with Crippen molar-refractivity contribution in [1.82, 2.24) is 20.0 Å². The van der Waals surface area contributed by atoms with E-state index in [1.54, 1.807) is 12.4 Å². The number of carbonyl (C=O) groups excluding carboxylic acids is 1. The smallest absolute Gasteiger partial charge is 0.332 e. The van der Waals surface area contributed by atoms with Gasteiger partial charge in [0, 0.05) is 23.8 Å². The van der Waals surface area contributed by atoms with E-state index in [-0.39, 0.29) is 12.1 Å². The van der Waals surface area contributed by atoms with E-state index in [1.807, 2.05) is 30.3 Å². The molecule has 3 aliphatic heterocycles. The molecule has 2 atom stereocenters. The summed E-state index contributed by atoms with van der Waals surface area (Å²) in [5.41, 5.74) is 2.03. The van der Waals surface area contributed by atoms with E-state index in [9.17, 15) is 4.79 Å². The molecule has 2 aromatic rings. The molecule has 0 saturated carbocycles. The van der Waals surface area contributed by atoms with Gasteiger partial charge in [0.25, 0.3) is 0 Å². The first kappa shape index (κ1) is 14.5. The van der Waals surface area contributed by atoms with Gasteiger partial charge in [-0.2, -0.15) is 9.78 Å². The summed E-state index contributed by atoms with van der Waals surface area (Å²) in [7, 11) is 0. The fourth-order valence-electron chi connectivity index (χ4n) is 3.97. The lowest BCUT2D eigenvalue weighted by Gasteiger charge is -2.49. The Morgan fingerprint density at radius 2 is 1.91 bits per heavy atom. The molecule has 1 aromatic carbocycles. The number of amides is 1. The van der Waals surface area contributed by atoms with Crippen LogP contribution >= 0.6 is 0 Å². The zero-order valence-electron chi connectivity index (χ0n) is 13.4. The van der Waals surface area contributed by atoms with Gasteiger partial charge in [0.05, 0.1) is 6.20 Å². The van der Waals surface area contributed by atoms with Crippen molar-refractivity contribution < 1.29 is 4.79 Å². The molecule has 0 spiro atoms. The number of nitrogens with one attached hydrogen (secondary N) is 1. The number of hydrogen-bond acceptors (Lipinski definition) is 3. The Balaban J connectivity index is 1.49. The SMILES string of the molecule is C[C@H]1[C@H](NC(=O)n2cc(-c3ccccc3)cn2)C2CCN1CC2. The summed E-state index contributed by atoms with van der Waals surface area (Å²) in [5, 5.41) is 7.44. The van der Waals surface area contributed by atoms with E-state index in [0.29, 0.717) is 12.0 Å². The van der Waals surface area contributed by atoms with Gasteiger partial charge in [-0.05, 0) is 44.3 Å². The van der Waals surface area contributed by atoms with Gasteiger partial charge < -0.3 is 5.32 Å². The van der Waals surface area contributed by atoms with Crippen molar-refractivity contribution in [3.8, 4) is 11.1 Å². The molecule has 4 heterocycles. The van der Waals surface area contributed by atoms with Gasteiger partial charge in [0.2, 0.25) is 0 Å². The molecular weight excluding hydrogens is 288 g/mol. The quantitative estimate of drug-likeness (QED) is 0.927. The van der Waals surface area contributed by atoms with Crippen LogP contribution in [0.1, 0.15) is 19.8 Å². The predicted octanol–water partition coefficient (Wildman–Crippen LogP) is 2.59. The molecule has 5 nitrogen and oxygen atoms in total. The Hall–Kier alpha value is -2.14. The van der Waals surface area contributed by atoms with Gasteiger partial charge in [-0.15, -0.1) is 0 Å². The first-order valence-corrected chi connectivity index (χ1v) is 8.37. The normalized spacial score (nSPS) is 29.4. The number of carbonyl (C=O) groups is 1. The Kier molecular flexibility index (Phi) is 3.65. The summed E-state index contributed by atoms with van der Waals surface area (Å²) >= 11 is 0. The molecule has 5 rings (SSSR count). The molecule has 5 heteroatoms. The molecule has 0 unspecified atom stereocenters. The number of rotatable bonds is 2. The van der Waals surface area contributed by atoms with Crippen LogP contribution in [0.5, 0.6) is 0 Å². The molecule has 0 aliphatic carbocycles. The first-order chi connectivity index (χ1) is 11.2. The van der Waals surface area contributed by atoms with E-state index >= 15 is 0 Å². The van der Waals surface area contributed by atoms with Crippen LogP contribution in [0.25, 0.3) is 11.1 Å². The molecule has 23 heavy (non-hydrogen) atoms. The molecule has 3 fully saturated rings. The third kappa shape index (κ3) is 2.65. The highest BCUT2D eigenvalue weighted by atomic mass is 16.2. The van der Waals surface area contributed by atoms with Crippen molar-refractivity contribution in [2.75, 3.05) is 13.1 Å². The highest BCUT2D eigenvalue weighted by Crippen LogP contribution is 2.32. The van der Waals surface area contributed by atoms with Gasteiger partial charge in [-0.3, -0.25) is 4.90 Å². The van der Waals surface area contributed by atoms with Gasteiger partial charge in [0.1, 0.15) is 0 Å². The van der Waals surface area contributed by atoms with Crippen LogP contribution in [-0.4, -0.2) is 45.9 Å². The summed E-state index contributed by atoms with van der Waals surface area (Å²) < 4.78 is 1.42. The Morgan fingerprint density at radius 1 is 1.17 bits per heavy atom. The minimum Gasteiger partial charge on any atom is -0.332 e. The minimum atomic E-state index is -0.127. The molecule has 120 valence electrons. The lowest BCUT2D eigenvalue weighted by atomic mass is 9.79. The van der Waals surface area contributed by atoms with Gasteiger partial charge in [0.15, 0.2) is 0 Å². The molecule has 3 aliphatic rings. The number of fused-ring (bicyclic) bond motifs is 3. The number of benzene rings is 1. The maximum absolute atomic E-state index is 12.6. The van der Waals surface area contributed by atoms with Crippen molar-refractivity contribution in [2.45, 2.75) is 31.8 Å². The van der Waals surface area contributed by atoms with Crippen molar-refractivity contribution in [3.05, 3.63) is 42.7 Å². The number of nitrogens with zero attached hydrogens (tertiary/aromatic N) is 3. The minimum absolute atomic E-state index is 0.127. The number of hydrogen-bond donors (Lipinski definition) is 1. The fourth-order valence-corrected chi connectivity index (χ4v) is 3.97. The second-order valence-corrected chi connectivity index (χ2v) is 6.63. The standard InChI is InChI=1S/C18H22N4O/c1-13-17(15-7-9-21(13)10-8-15)20-18(23)22-12-16(11-19-22)14-5-3-2-4-6-14/h2-6,11-13,15,17H,7-10H2,1H3,(H,20,23)/t13-,17-/m0/s1. The summed E-state index contributed by atoms with van der Waals surface area (Å²) in [6, 6.07) is 10.5. The highest BCUT2D eigenvalue weighted by molar-refractivity contribution is 5.78. The van der Waals surface area contributed by atoms with E-state index in [4.69, 9.17) is 0 Å². The van der Waals surface area contributed by atoms with Crippen molar-refractivity contribution in [1.29, 1.82) is 0 Å². The van der Waals surface area contributed by atoms with Gasteiger partial charge >= 0.3 is 6.03 Å². The van der Waals surface area contributed by atoms with Crippen LogP contribution in [0.2, 0.25) is 0 Å². The van der Waals surface area contributed by atoms with Crippen molar-refractivity contribution >= 4 is 6.03 Å². The summed E-state index contributed by atoms with van der Waals surface area (Å²) in [4.78, 5) is 15.0. The van der Waals surface area contributed by atoms with E-state index in [2.05, 4.69) is 22.2 Å². The van der Waals surface area contributed by atoms with Crippen LogP contribution in [0.15, 0.2) is 42.7 Å². The monoisotopic (exact) mass is 310 g/mol. The highest BCUT2D eigenvalue weighted by Gasteiger charge is 2.40. The Labute approximate surface area is 136 Å². The van der Waals surface area contributed by atoms with Crippen LogP contribution in [0.3, 0.4) is 0 Å². The maximum atomic E-state index is 12.6. The van der Waals surface area contributed by atoms with Crippen molar-refractivity contribution in [3.63, 3.8) is 0 Å². The van der Waals surface area contributed by atoms with E-state index in [0.717, 1.165) is 24.2 Å². The summed E-state index contributed by atoms with van der Waals surface area (Å²) in [6.45, 7) is 4.55. The maximum Gasteiger partial charge on any atom is 0.342 e. The third-order valence-corrected chi connectivity index (χ3v) is 5.37. The zero-order valence-corrected chi connectivity index (χ0v) is 13.4. The summed E-state index contributed by atoms with van der Waals surface area (Å²) in [6.07, 6.45) is 5.92. The number of aromatic nitrogens is 2. The largest absolute Gasteiger partial charge is 0.342 e. The van der Waals surface area contributed by atoms with E-state index < -0.39 is 0 Å². The molecule has 1 N–H and O–H groups in total. The molecule has 3 saturated heterocycles. The molecule has 1 amide bonds. The van der Waals surface area contributed by atoms with E-state index in [1.165, 1.54) is 17.5 Å². The Bertz CT molecular complexity index is 686. The molecular formula is C18H22N4O. The van der Waals surface area contributed by atoms with Crippen LogP contribution in [0, 0.1) is 5.92 Å². The van der Waals surface area contributed by atoms with Gasteiger partial charge in [-0.1, -0.05) is 30.3 Å². The fraction of sp³-hybridized carbons (Fsp3) is 0.444. The topological polar surface area (TPSA) is 50.2 Å². The van der Waals surface area contributed by atoms with Crippen molar-refractivity contribution in [2.24, 2.45) is 5.92 Å². The third-order valence-electron chi connectivity index (χ3n) is 5.37. The van der Waals surface area contributed by atoms with Crippen LogP contribution in [-0.2, 0) is 0 Å². The van der Waals surface area contributed by atoms with Crippen LogP contribution in [0.4, 0.5) is 4.79 Å². The summed E-state index contributed by atoms with van der Waals surface area (Å²) in [5.74, 6) is 0.600. The molecule has 1 aromatic heterocycles. The second-order valence-electron chi connectivity index (χ2n) is 6.63.